The highest BCUT2D eigenvalue weighted by Gasteiger charge is 2.27. The summed E-state index contributed by atoms with van der Waals surface area (Å²) in [6.45, 7) is 4.00. The van der Waals surface area contributed by atoms with E-state index in [4.69, 9.17) is 0 Å². The summed E-state index contributed by atoms with van der Waals surface area (Å²) in [5.74, 6) is 0.0296. The number of amides is 1. The Labute approximate surface area is 124 Å². The molecule has 0 radical (unpaired) electrons. The van der Waals surface area contributed by atoms with Gasteiger partial charge in [-0.2, -0.15) is 5.10 Å². The van der Waals surface area contributed by atoms with E-state index >= 15 is 0 Å². The maximum absolute atomic E-state index is 12.4. The van der Waals surface area contributed by atoms with Crippen molar-refractivity contribution in [2.45, 2.75) is 32.4 Å². The van der Waals surface area contributed by atoms with Crippen LogP contribution in [0.15, 0.2) is 30.5 Å². The molecule has 21 heavy (non-hydrogen) atoms. The maximum Gasteiger partial charge on any atom is 0.243 e. The SMILES string of the molecule is Cc1c(C(C)NC(=O)C2Cc3ccccc3N2)cnn1C. The van der Waals surface area contributed by atoms with Crippen LogP contribution in [0.5, 0.6) is 0 Å². The van der Waals surface area contributed by atoms with E-state index in [-0.39, 0.29) is 18.0 Å². The Hall–Kier alpha value is -2.30. The quantitative estimate of drug-likeness (QED) is 0.905. The minimum absolute atomic E-state index is 0.0296. The van der Waals surface area contributed by atoms with Gasteiger partial charge < -0.3 is 10.6 Å². The van der Waals surface area contributed by atoms with E-state index < -0.39 is 0 Å². The van der Waals surface area contributed by atoms with Crippen LogP contribution >= 0.6 is 0 Å². The van der Waals surface area contributed by atoms with E-state index in [0.29, 0.717) is 0 Å². The molecule has 2 aromatic rings. The minimum atomic E-state index is -0.193. The molecule has 5 nitrogen and oxygen atoms in total. The first-order valence-corrected chi connectivity index (χ1v) is 7.19. The molecular formula is C16H20N4O. The monoisotopic (exact) mass is 284 g/mol. The van der Waals surface area contributed by atoms with Gasteiger partial charge in [-0.25, -0.2) is 0 Å². The van der Waals surface area contributed by atoms with E-state index in [1.54, 1.807) is 0 Å². The molecule has 0 saturated carbocycles. The van der Waals surface area contributed by atoms with Crippen molar-refractivity contribution in [3.05, 3.63) is 47.3 Å². The smallest absolute Gasteiger partial charge is 0.243 e. The largest absolute Gasteiger partial charge is 0.373 e. The van der Waals surface area contributed by atoms with Crippen molar-refractivity contribution >= 4 is 11.6 Å². The summed E-state index contributed by atoms with van der Waals surface area (Å²) >= 11 is 0. The Morgan fingerprint density at radius 2 is 2.24 bits per heavy atom. The van der Waals surface area contributed by atoms with Crippen LogP contribution in [0.2, 0.25) is 0 Å². The fraction of sp³-hybridized carbons (Fsp3) is 0.375. The van der Waals surface area contributed by atoms with Crippen molar-refractivity contribution < 1.29 is 4.79 Å². The highest BCUT2D eigenvalue weighted by atomic mass is 16.2. The van der Waals surface area contributed by atoms with Gasteiger partial charge in [0.1, 0.15) is 6.04 Å². The second-order valence-corrected chi connectivity index (χ2v) is 5.60. The Balaban J connectivity index is 1.67. The second-order valence-electron chi connectivity index (χ2n) is 5.60. The number of para-hydroxylation sites is 1. The molecule has 0 bridgehead atoms. The summed E-state index contributed by atoms with van der Waals surface area (Å²) in [5, 5.41) is 10.6. The maximum atomic E-state index is 12.4. The number of rotatable bonds is 3. The number of nitrogens with one attached hydrogen (secondary N) is 2. The molecule has 2 atom stereocenters. The summed E-state index contributed by atoms with van der Waals surface area (Å²) in [6, 6.07) is 7.82. The molecule has 3 rings (SSSR count). The highest BCUT2D eigenvalue weighted by Crippen LogP contribution is 2.25. The molecule has 0 spiro atoms. The predicted octanol–water partition coefficient (Wildman–Crippen LogP) is 1.94. The van der Waals surface area contributed by atoms with Crippen molar-refractivity contribution in [1.29, 1.82) is 0 Å². The standard InChI is InChI=1S/C16H20N4O/c1-10(13-9-17-20(3)11(13)2)18-16(21)15-8-12-6-4-5-7-14(12)19-15/h4-7,9-10,15,19H,8H2,1-3H3,(H,18,21). The molecule has 0 saturated heterocycles. The first kappa shape index (κ1) is 13.7. The van der Waals surface area contributed by atoms with Gasteiger partial charge in [-0.3, -0.25) is 9.48 Å². The van der Waals surface area contributed by atoms with Crippen molar-refractivity contribution in [3.63, 3.8) is 0 Å². The number of fused-ring (bicyclic) bond motifs is 1. The van der Waals surface area contributed by atoms with Gasteiger partial charge in [0.15, 0.2) is 0 Å². The summed E-state index contributed by atoms with van der Waals surface area (Å²) in [6.07, 6.45) is 2.55. The van der Waals surface area contributed by atoms with Crippen LogP contribution in [-0.4, -0.2) is 21.7 Å². The van der Waals surface area contributed by atoms with Crippen molar-refractivity contribution in [1.82, 2.24) is 15.1 Å². The Kier molecular flexibility index (Phi) is 3.41. The Morgan fingerprint density at radius 3 is 2.90 bits per heavy atom. The minimum Gasteiger partial charge on any atom is -0.373 e. The molecule has 2 N–H and O–H groups in total. The lowest BCUT2D eigenvalue weighted by atomic mass is 10.1. The van der Waals surface area contributed by atoms with Gasteiger partial charge in [0.25, 0.3) is 0 Å². The van der Waals surface area contributed by atoms with E-state index in [0.717, 1.165) is 23.4 Å². The van der Waals surface area contributed by atoms with Crippen LogP contribution < -0.4 is 10.6 Å². The first-order chi connectivity index (χ1) is 10.1. The lowest BCUT2D eigenvalue weighted by Gasteiger charge is -2.17. The van der Waals surface area contributed by atoms with Gasteiger partial charge in [0, 0.05) is 30.4 Å². The number of carbonyl (C=O) groups is 1. The number of hydrogen-bond donors (Lipinski definition) is 2. The van der Waals surface area contributed by atoms with Crippen molar-refractivity contribution in [2.24, 2.45) is 7.05 Å². The molecule has 0 fully saturated rings. The van der Waals surface area contributed by atoms with E-state index in [9.17, 15) is 4.79 Å². The van der Waals surface area contributed by atoms with Crippen molar-refractivity contribution in [3.8, 4) is 0 Å². The van der Waals surface area contributed by atoms with Crippen LogP contribution in [0, 0.1) is 6.92 Å². The van der Waals surface area contributed by atoms with Crippen LogP contribution in [0.25, 0.3) is 0 Å². The molecule has 5 heteroatoms. The molecule has 1 amide bonds. The van der Waals surface area contributed by atoms with E-state index in [2.05, 4.69) is 21.8 Å². The van der Waals surface area contributed by atoms with E-state index in [1.165, 1.54) is 5.56 Å². The highest BCUT2D eigenvalue weighted by molar-refractivity contribution is 5.87. The van der Waals surface area contributed by atoms with Gasteiger partial charge in [0.2, 0.25) is 5.91 Å². The second kappa shape index (κ2) is 5.24. The number of aryl methyl sites for hydroxylation is 1. The molecule has 1 aliphatic rings. The molecule has 110 valence electrons. The molecule has 2 unspecified atom stereocenters. The topological polar surface area (TPSA) is 59.0 Å². The summed E-state index contributed by atoms with van der Waals surface area (Å²) in [5.41, 5.74) is 4.39. The summed E-state index contributed by atoms with van der Waals surface area (Å²) in [4.78, 5) is 12.4. The van der Waals surface area contributed by atoms with Crippen LogP contribution in [-0.2, 0) is 18.3 Å². The number of carbonyl (C=O) groups excluding carboxylic acids is 1. The lowest BCUT2D eigenvalue weighted by Crippen LogP contribution is -2.39. The van der Waals surface area contributed by atoms with Crippen LogP contribution in [0.1, 0.15) is 29.8 Å². The third-order valence-electron chi connectivity index (χ3n) is 4.19. The molecule has 0 aliphatic carbocycles. The Morgan fingerprint density at radius 1 is 1.48 bits per heavy atom. The van der Waals surface area contributed by atoms with Gasteiger partial charge in [-0.05, 0) is 25.5 Å². The summed E-state index contributed by atoms with van der Waals surface area (Å²) < 4.78 is 1.82. The third-order valence-corrected chi connectivity index (χ3v) is 4.19. The molecule has 2 heterocycles. The van der Waals surface area contributed by atoms with Gasteiger partial charge in [-0.1, -0.05) is 18.2 Å². The van der Waals surface area contributed by atoms with E-state index in [1.807, 2.05) is 50.0 Å². The Bertz CT molecular complexity index is 652. The van der Waals surface area contributed by atoms with Gasteiger partial charge in [-0.15, -0.1) is 0 Å². The first-order valence-electron chi connectivity index (χ1n) is 7.19. The molecule has 1 aromatic carbocycles. The zero-order valence-corrected chi connectivity index (χ0v) is 12.6. The zero-order chi connectivity index (χ0) is 15.0. The van der Waals surface area contributed by atoms with Crippen molar-refractivity contribution in [2.75, 3.05) is 5.32 Å². The normalized spacial score (nSPS) is 18.0. The lowest BCUT2D eigenvalue weighted by molar-refractivity contribution is -0.122. The number of anilines is 1. The predicted molar refractivity (Wildman–Crippen MR) is 82.1 cm³/mol. The molecule has 1 aliphatic heterocycles. The summed E-state index contributed by atoms with van der Waals surface area (Å²) in [7, 11) is 1.91. The van der Waals surface area contributed by atoms with Gasteiger partial charge in [0.05, 0.1) is 12.2 Å². The number of nitrogens with zero attached hydrogens (tertiary/aromatic N) is 2. The number of aromatic nitrogens is 2. The van der Waals surface area contributed by atoms with Crippen LogP contribution in [0.4, 0.5) is 5.69 Å². The molecule has 1 aromatic heterocycles. The van der Waals surface area contributed by atoms with Gasteiger partial charge >= 0.3 is 0 Å². The number of hydrogen-bond acceptors (Lipinski definition) is 3. The zero-order valence-electron chi connectivity index (χ0n) is 12.6. The average molecular weight is 284 g/mol. The van der Waals surface area contributed by atoms with Crippen LogP contribution in [0.3, 0.4) is 0 Å². The fourth-order valence-electron chi connectivity index (χ4n) is 2.79. The third kappa shape index (κ3) is 2.51. The fourth-order valence-corrected chi connectivity index (χ4v) is 2.79. The number of benzene rings is 1. The average Bonchev–Trinajstić information content (AvgIpc) is 3.03. The molecular weight excluding hydrogens is 264 g/mol.